The molecule has 1 heterocycles. The van der Waals surface area contributed by atoms with Gasteiger partial charge in [-0.2, -0.15) is 0 Å². The molecule has 0 spiro atoms. The van der Waals surface area contributed by atoms with E-state index in [4.69, 9.17) is 0 Å². The van der Waals surface area contributed by atoms with E-state index in [1.807, 2.05) is 27.0 Å². The molecular formula is C9H14N2S. The van der Waals surface area contributed by atoms with Crippen molar-refractivity contribution < 1.29 is 0 Å². The highest BCUT2D eigenvalue weighted by Crippen LogP contribution is 2.24. The summed E-state index contributed by atoms with van der Waals surface area (Å²) < 4.78 is 0. The summed E-state index contributed by atoms with van der Waals surface area (Å²) in [5.41, 5.74) is 1.11. The average Bonchev–Trinajstić information content (AvgIpc) is 2.34. The minimum atomic E-state index is 0.246. The molecule has 0 saturated heterocycles. The van der Waals surface area contributed by atoms with Crippen LogP contribution in [0.15, 0.2) is 12.7 Å². The highest BCUT2D eigenvalue weighted by Gasteiger charge is 2.11. The van der Waals surface area contributed by atoms with Crippen LogP contribution in [-0.4, -0.2) is 12.0 Å². The van der Waals surface area contributed by atoms with Crippen LogP contribution in [0.1, 0.15) is 21.6 Å². The average molecular weight is 182 g/mol. The first-order chi connectivity index (χ1) is 5.69. The Kier molecular flexibility index (Phi) is 3.00. The lowest BCUT2D eigenvalue weighted by Gasteiger charge is -2.08. The number of aryl methyl sites for hydroxylation is 2. The van der Waals surface area contributed by atoms with Gasteiger partial charge in [0.15, 0.2) is 0 Å². The maximum absolute atomic E-state index is 4.36. The summed E-state index contributed by atoms with van der Waals surface area (Å²) in [7, 11) is 1.93. The van der Waals surface area contributed by atoms with Gasteiger partial charge in [0.25, 0.3) is 0 Å². The zero-order valence-electron chi connectivity index (χ0n) is 7.72. The quantitative estimate of drug-likeness (QED) is 0.725. The molecule has 0 aromatic carbocycles. The van der Waals surface area contributed by atoms with Crippen LogP contribution in [0, 0.1) is 13.8 Å². The fraction of sp³-hybridized carbons (Fsp3) is 0.444. The van der Waals surface area contributed by atoms with E-state index >= 15 is 0 Å². The third-order valence-corrected chi connectivity index (χ3v) is 2.92. The number of hydrogen-bond donors (Lipinski definition) is 1. The van der Waals surface area contributed by atoms with Crippen molar-refractivity contribution in [3.05, 3.63) is 28.2 Å². The van der Waals surface area contributed by atoms with Crippen LogP contribution < -0.4 is 5.32 Å². The standard InChI is InChI=1S/C9H14N2S/c1-5-8(10-4)9-6(2)11-7(3)12-9/h5,8,10H,1H2,2-4H3. The summed E-state index contributed by atoms with van der Waals surface area (Å²) in [5.74, 6) is 0. The number of rotatable bonds is 3. The second-order valence-electron chi connectivity index (χ2n) is 2.68. The van der Waals surface area contributed by atoms with Crippen molar-refractivity contribution in [2.75, 3.05) is 7.05 Å². The Hall–Kier alpha value is -0.670. The Bertz CT molecular complexity index is 278. The lowest BCUT2D eigenvalue weighted by atomic mass is 10.2. The molecule has 66 valence electrons. The molecule has 0 fully saturated rings. The van der Waals surface area contributed by atoms with Gasteiger partial charge in [-0.15, -0.1) is 17.9 Å². The molecule has 1 atom stereocenters. The van der Waals surface area contributed by atoms with E-state index in [1.165, 1.54) is 4.88 Å². The molecule has 1 unspecified atom stereocenters. The minimum Gasteiger partial charge on any atom is -0.309 e. The van der Waals surface area contributed by atoms with E-state index in [-0.39, 0.29) is 6.04 Å². The normalized spacial score (nSPS) is 12.9. The van der Waals surface area contributed by atoms with Crippen molar-refractivity contribution >= 4 is 11.3 Å². The van der Waals surface area contributed by atoms with Gasteiger partial charge in [-0.05, 0) is 20.9 Å². The van der Waals surface area contributed by atoms with Gasteiger partial charge >= 0.3 is 0 Å². The van der Waals surface area contributed by atoms with Crippen LogP contribution in [-0.2, 0) is 0 Å². The summed E-state index contributed by atoms with van der Waals surface area (Å²) in [5, 5.41) is 4.29. The number of likely N-dealkylation sites (N-methyl/N-ethyl adjacent to an activating group) is 1. The third kappa shape index (κ3) is 1.73. The summed E-state index contributed by atoms with van der Waals surface area (Å²) >= 11 is 1.73. The van der Waals surface area contributed by atoms with Gasteiger partial charge in [0.1, 0.15) is 0 Å². The van der Waals surface area contributed by atoms with Gasteiger partial charge in [0.05, 0.1) is 16.7 Å². The molecule has 0 amide bonds. The molecule has 1 aromatic heterocycles. The first kappa shape index (κ1) is 9.42. The number of thiazole rings is 1. The number of nitrogens with one attached hydrogen (secondary N) is 1. The van der Waals surface area contributed by atoms with Crippen LogP contribution in [0.25, 0.3) is 0 Å². The highest BCUT2D eigenvalue weighted by molar-refractivity contribution is 7.11. The van der Waals surface area contributed by atoms with Crippen molar-refractivity contribution in [3.8, 4) is 0 Å². The van der Waals surface area contributed by atoms with Crippen LogP contribution in [0.4, 0.5) is 0 Å². The molecule has 0 aliphatic heterocycles. The Morgan fingerprint density at radius 1 is 1.58 bits per heavy atom. The second kappa shape index (κ2) is 3.83. The molecular weight excluding hydrogens is 168 g/mol. The molecule has 1 rings (SSSR count). The van der Waals surface area contributed by atoms with E-state index in [0.29, 0.717) is 0 Å². The smallest absolute Gasteiger partial charge is 0.0900 e. The van der Waals surface area contributed by atoms with Crippen molar-refractivity contribution in [2.45, 2.75) is 19.9 Å². The van der Waals surface area contributed by atoms with E-state index < -0.39 is 0 Å². The lowest BCUT2D eigenvalue weighted by molar-refractivity contribution is 0.722. The van der Waals surface area contributed by atoms with Gasteiger partial charge in [0, 0.05) is 4.88 Å². The molecule has 1 aromatic rings. The second-order valence-corrected chi connectivity index (χ2v) is 3.92. The third-order valence-electron chi connectivity index (χ3n) is 1.77. The van der Waals surface area contributed by atoms with Crippen molar-refractivity contribution in [2.24, 2.45) is 0 Å². The Balaban J connectivity index is 2.99. The van der Waals surface area contributed by atoms with Gasteiger partial charge in [-0.25, -0.2) is 4.98 Å². The van der Waals surface area contributed by atoms with Crippen LogP contribution >= 0.6 is 11.3 Å². The van der Waals surface area contributed by atoms with E-state index in [1.54, 1.807) is 11.3 Å². The summed E-state index contributed by atoms with van der Waals surface area (Å²) in [4.78, 5) is 5.63. The monoisotopic (exact) mass is 182 g/mol. The predicted octanol–water partition coefficient (Wildman–Crippen LogP) is 2.21. The number of nitrogens with zero attached hydrogens (tertiary/aromatic N) is 1. The van der Waals surface area contributed by atoms with E-state index in [9.17, 15) is 0 Å². The number of hydrogen-bond acceptors (Lipinski definition) is 3. The maximum atomic E-state index is 4.36. The Morgan fingerprint density at radius 2 is 2.25 bits per heavy atom. The molecule has 0 aliphatic rings. The molecule has 0 bridgehead atoms. The molecule has 2 nitrogen and oxygen atoms in total. The summed E-state index contributed by atoms with van der Waals surface area (Å²) in [6.07, 6.45) is 1.90. The zero-order valence-corrected chi connectivity index (χ0v) is 8.53. The molecule has 1 N–H and O–H groups in total. The summed E-state index contributed by atoms with van der Waals surface area (Å²) in [6.45, 7) is 7.83. The summed E-state index contributed by atoms with van der Waals surface area (Å²) in [6, 6.07) is 0.246. The number of aromatic nitrogens is 1. The SMILES string of the molecule is C=CC(NC)c1sc(C)nc1C. The van der Waals surface area contributed by atoms with Crippen LogP contribution in [0.5, 0.6) is 0 Å². The molecule has 0 aliphatic carbocycles. The van der Waals surface area contributed by atoms with Crippen LogP contribution in [0.3, 0.4) is 0 Å². The van der Waals surface area contributed by atoms with Crippen molar-refractivity contribution in [3.63, 3.8) is 0 Å². The van der Waals surface area contributed by atoms with Gasteiger partial charge in [0.2, 0.25) is 0 Å². The predicted molar refractivity (Wildman–Crippen MR) is 53.6 cm³/mol. The zero-order chi connectivity index (χ0) is 9.14. The molecule has 0 saturated carbocycles. The van der Waals surface area contributed by atoms with Gasteiger partial charge in [-0.1, -0.05) is 6.08 Å². The fourth-order valence-corrected chi connectivity index (χ4v) is 2.23. The van der Waals surface area contributed by atoms with Crippen LogP contribution in [0.2, 0.25) is 0 Å². The molecule has 12 heavy (non-hydrogen) atoms. The van der Waals surface area contributed by atoms with E-state index in [0.717, 1.165) is 10.7 Å². The van der Waals surface area contributed by atoms with Crippen molar-refractivity contribution in [1.82, 2.24) is 10.3 Å². The Labute approximate surface area is 77.3 Å². The molecule has 3 heteroatoms. The lowest BCUT2D eigenvalue weighted by Crippen LogP contribution is -2.12. The maximum Gasteiger partial charge on any atom is 0.0900 e. The van der Waals surface area contributed by atoms with Gasteiger partial charge in [-0.3, -0.25) is 0 Å². The largest absolute Gasteiger partial charge is 0.309 e. The first-order valence-corrected chi connectivity index (χ1v) is 4.74. The first-order valence-electron chi connectivity index (χ1n) is 3.92. The van der Waals surface area contributed by atoms with Crippen molar-refractivity contribution in [1.29, 1.82) is 0 Å². The van der Waals surface area contributed by atoms with Gasteiger partial charge < -0.3 is 5.32 Å². The minimum absolute atomic E-state index is 0.246. The fourth-order valence-electron chi connectivity index (χ4n) is 1.19. The topological polar surface area (TPSA) is 24.9 Å². The molecule has 0 radical (unpaired) electrons. The van der Waals surface area contributed by atoms with E-state index in [2.05, 4.69) is 16.9 Å². The Morgan fingerprint density at radius 3 is 2.58 bits per heavy atom. The highest BCUT2D eigenvalue weighted by atomic mass is 32.1.